The lowest BCUT2D eigenvalue weighted by atomic mass is 9.97. The Bertz CT molecular complexity index is 817. The van der Waals surface area contributed by atoms with E-state index in [1.165, 1.54) is 12.1 Å². The first kappa shape index (κ1) is 20.3. The van der Waals surface area contributed by atoms with Gasteiger partial charge in [-0.3, -0.25) is 10.1 Å². The molecule has 13 nitrogen and oxygen atoms in total. The van der Waals surface area contributed by atoms with Gasteiger partial charge in [-0.25, -0.2) is 4.63 Å². The molecule has 3 rings (SSSR count). The zero-order chi connectivity index (χ0) is 20.3. The highest BCUT2D eigenvalue weighted by atomic mass is 16.6. The first-order valence-electron chi connectivity index (χ1n) is 8.61. The van der Waals surface area contributed by atoms with Gasteiger partial charge in [-0.05, 0) is 29.3 Å². The summed E-state index contributed by atoms with van der Waals surface area (Å²) in [6.07, 6.45) is -4.51. The van der Waals surface area contributed by atoms with E-state index in [4.69, 9.17) is 9.84 Å². The first-order valence-corrected chi connectivity index (χ1v) is 8.61. The van der Waals surface area contributed by atoms with Crippen LogP contribution in [0.3, 0.4) is 0 Å². The Hall–Kier alpha value is -2.42. The molecular formula is C15H21N5O8. The molecule has 2 aromatic rings. The second-order valence-corrected chi connectivity index (χ2v) is 6.34. The largest absolute Gasteiger partial charge is 0.394 e. The van der Waals surface area contributed by atoms with Crippen molar-refractivity contribution in [1.82, 2.24) is 15.6 Å². The van der Waals surface area contributed by atoms with Crippen molar-refractivity contribution in [2.75, 3.05) is 25.0 Å². The Morgan fingerprint density at radius 2 is 1.89 bits per heavy atom. The molecule has 1 aromatic carbocycles. The number of aliphatic hydroxyl groups is 4. The Labute approximate surface area is 158 Å². The summed E-state index contributed by atoms with van der Waals surface area (Å²) in [5.74, 6) is 0. The van der Waals surface area contributed by atoms with E-state index < -0.39 is 42.2 Å². The number of anilines is 1. The van der Waals surface area contributed by atoms with Gasteiger partial charge in [-0.2, -0.15) is 0 Å². The van der Waals surface area contributed by atoms with Gasteiger partial charge in [0.1, 0.15) is 18.3 Å². The third-order valence-corrected chi connectivity index (χ3v) is 4.54. The summed E-state index contributed by atoms with van der Waals surface area (Å²) in [6.45, 7) is 0.278. The maximum absolute atomic E-state index is 11.0. The molecule has 5 atom stereocenters. The maximum Gasteiger partial charge on any atom is 0.300 e. The monoisotopic (exact) mass is 399 g/mol. The second-order valence-electron chi connectivity index (χ2n) is 6.34. The molecule has 0 saturated carbocycles. The normalized spacial score (nSPS) is 27.8. The molecule has 0 bridgehead atoms. The average Bonchev–Trinajstić information content (AvgIpc) is 3.16. The van der Waals surface area contributed by atoms with Gasteiger partial charge in [0.25, 0.3) is 0 Å². The molecule has 1 saturated heterocycles. The number of non-ortho nitro benzene ring substituents is 1. The number of aliphatic hydroxyl groups excluding tert-OH is 4. The van der Waals surface area contributed by atoms with Crippen molar-refractivity contribution in [3.05, 3.63) is 22.2 Å². The third kappa shape index (κ3) is 4.04. The van der Waals surface area contributed by atoms with Gasteiger partial charge >= 0.3 is 5.69 Å². The molecule has 6 N–H and O–H groups in total. The number of rotatable bonds is 8. The highest BCUT2D eigenvalue weighted by molar-refractivity contribution is 5.93. The van der Waals surface area contributed by atoms with E-state index in [1.54, 1.807) is 0 Å². The predicted octanol–water partition coefficient (Wildman–Crippen LogP) is -1.68. The summed E-state index contributed by atoms with van der Waals surface area (Å²) in [5.41, 5.74) is 0.602. The number of nitro groups is 1. The minimum absolute atomic E-state index is 0.0474. The van der Waals surface area contributed by atoms with E-state index in [2.05, 4.69) is 25.6 Å². The molecule has 1 fully saturated rings. The highest BCUT2D eigenvalue weighted by Crippen LogP contribution is 2.28. The van der Waals surface area contributed by atoms with E-state index >= 15 is 0 Å². The second kappa shape index (κ2) is 8.72. The summed E-state index contributed by atoms with van der Waals surface area (Å²) in [6, 6.07) is 1.90. The maximum atomic E-state index is 11.0. The van der Waals surface area contributed by atoms with Gasteiger partial charge in [0.05, 0.1) is 23.3 Å². The molecule has 1 unspecified atom stereocenters. The zero-order valence-corrected chi connectivity index (χ0v) is 14.6. The summed E-state index contributed by atoms with van der Waals surface area (Å²) < 4.78 is 9.65. The number of aromatic nitrogens is 2. The van der Waals surface area contributed by atoms with Gasteiger partial charge in [-0.15, -0.1) is 0 Å². The van der Waals surface area contributed by atoms with Crippen molar-refractivity contribution in [2.24, 2.45) is 0 Å². The molecule has 1 aromatic heterocycles. The molecule has 0 amide bonds. The van der Waals surface area contributed by atoms with Crippen LogP contribution >= 0.6 is 0 Å². The third-order valence-electron chi connectivity index (χ3n) is 4.54. The predicted molar refractivity (Wildman–Crippen MR) is 93.3 cm³/mol. The van der Waals surface area contributed by atoms with Crippen LogP contribution in [-0.4, -0.2) is 86.0 Å². The van der Waals surface area contributed by atoms with Crippen molar-refractivity contribution in [2.45, 2.75) is 37.1 Å². The van der Waals surface area contributed by atoms with Crippen LogP contribution in [0.5, 0.6) is 0 Å². The fraction of sp³-hybridized carbons (Fsp3) is 0.600. The van der Waals surface area contributed by atoms with Crippen molar-refractivity contribution >= 4 is 22.4 Å². The first-order chi connectivity index (χ1) is 13.4. The van der Waals surface area contributed by atoms with E-state index in [0.29, 0.717) is 25.2 Å². The van der Waals surface area contributed by atoms with E-state index in [0.717, 1.165) is 0 Å². The standard InChI is InChI=1S/C15H21N5O8/c21-6-9-13(22)14(23)12(15(24)27-9)17-5-1-4-16-7-2-3-8(20(25)26)11-10(7)18-28-19-11/h2-3,9,12-17,21-24H,1,4-6H2/t9-,12-,13-,14-,15?/m1/s1. The molecule has 13 heteroatoms. The van der Waals surface area contributed by atoms with Gasteiger partial charge in [0, 0.05) is 12.6 Å². The SMILES string of the molecule is O=[N+]([O-])c1ccc(NCCCN[C@H]2C(O)O[C@H](CO)[C@@H](O)[C@@H]2O)c2nonc12. The lowest BCUT2D eigenvalue weighted by Gasteiger charge is -2.40. The number of nitrogens with zero attached hydrogens (tertiary/aromatic N) is 3. The molecule has 1 aliphatic heterocycles. The lowest BCUT2D eigenvalue weighted by Crippen LogP contribution is -2.63. The number of ether oxygens (including phenoxy) is 1. The van der Waals surface area contributed by atoms with Gasteiger partial charge in [0.15, 0.2) is 11.8 Å². The fourth-order valence-electron chi connectivity index (χ4n) is 3.04. The van der Waals surface area contributed by atoms with Crippen LogP contribution in [0.4, 0.5) is 11.4 Å². The number of nitrogens with one attached hydrogen (secondary N) is 2. The van der Waals surface area contributed by atoms with Crippen LogP contribution in [0.15, 0.2) is 16.8 Å². The van der Waals surface area contributed by atoms with Gasteiger partial charge < -0.3 is 35.8 Å². The number of fused-ring (bicyclic) bond motifs is 1. The van der Waals surface area contributed by atoms with Crippen molar-refractivity contribution in [3.8, 4) is 0 Å². The molecule has 0 radical (unpaired) electrons. The quantitative estimate of drug-likeness (QED) is 0.168. The zero-order valence-electron chi connectivity index (χ0n) is 14.6. The van der Waals surface area contributed by atoms with Crippen LogP contribution in [0.2, 0.25) is 0 Å². The molecule has 1 aliphatic rings. The highest BCUT2D eigenvalue weighted by Gasteiger charge is 2.43. The van der Waals surface area contributed by atoms with Gasteiger partial charge in [0.2, 0.25) is 5.52 Å². The summed E-state index contributed by atoms with van der Waals surface area (Å²) in [7, 11) is 0. The topological polar surface area (TPSA) is 196 Å². The van der Waals surface area contributed by atoms with Crippen LogP contribution < -0.4 is 10.6 Å². The van der Waals surface area contributed by atoms with Crippen molar-refractivity contribution < 1.29 is 34.7 Å². The summed E-state index contributed by atoms with van der Waals surface area (Å²) in [4.78, 5) is 10.4. The fourth-order valence-corrected chi connectivity index (χ4v) is 3.04. The number of nitro benzene ring substituents is 1. The van der Waals surface area contributed by atoms with Crippen molar-refractivity contribution in [1.29, 1.82) is 0 Å². The van der Waals surface area contributed by atoms with E-state index in [1.807, 2.05) is 0 Å². The molecule has 0 aliphatic carbocycles. The summed E-state index contributed by atoms with van der Waals surface area (Å²) >= 11 is 0. The Morgan fingerprint density at radius 3 is 2.61 bits per heavy atom. The molecular weight excluding hydrogens is 378 g/mol. The van der Waals surface area contributed by atoms with Crippen LogP contribution in [0.25, 0.3) is 11.0 Å². The number of benzene rings is 1. The molecule has 2 heterocycles. The lowest BCUT2D eigenvalue weighted by molar-refractivity contribution is -0.383. The van der Waals surface area contributed by atoms with E-state index in [-0.39, 0.29) is 16.7 Å². The molecule has 28 heavy (non-hydrogen) atoms. The van der Waals surface area contributed by atoms with Crippen LogP contribution in [0.1, 0.15) is 6.42 Å². The Morgan fingerprint density at radius 1 is 1.14 bits per heavy atom. The number of hydrogen-bond donors (Lipinski definition) is 6. The van der Waals surface area contributed by atoms with Crippen molar-refractivity contribution in [3.63, 3.8) is 0 Å². The Kier molecular flexibility index (Phi) is 6.33. The summed E-state index contributed by atoms with van der Waals surface area (Å²) in [5, 5.41) is 63.0. The Balaban J connectivity index is 1.50. The average molecular weight is 399 g/mol. The molecule has 0 spiro atoms. The smallest absolute Gasteiger partial charge is 0.300 e. The van der Waals surface area contributed by atoms with Gasteiger partial charge in [-0.1, -0.05) is 0 Å². The minimum Gasteiger partial charge on any atom is -0.394 e. The molecule has 154 valence electrons. The minimum atomic E-state index is -1.38. The number of hydrogen-bond acceptors (Lipinski definition) is 12. The van der Waals surface area contributed by atoms with Crippen LogP contribution in [0, 0.1) is 10.1 Å². The van der Waals surface area contributed by atoms with E-state index in [9.17, 15) is 25.4 Å². The van der Waals surface area contributed by atoms with Crippen LogP contribution in [-0.2, 0) is 4.74 Å².